The molecule has 4 heterocycles. The number of aromatic nitrogens is 4. The molecule has 0 aliphatic carbocycles. The number of hydrogen-bond donors (Lipinski definition) is 1. The fourth-order valence-electron chi connectivity index (χ4n) is 3.38. The Bertz CT molecular complexity index is 900. The van der Waals surface area contributed by atoms with Gasteiger partial charge in [-0.15, -0.1) is 0 Å². The monoisotopic (exact) mass is 357 g/mol. The molecule has 2 fully saturated rings. The van der Waals surface area contributed by atoms with Crippen LogP contribution in [0.25, 0.3) is 11.3 Å². The predicted molar refractivity (Wildman–Crippen MR) is 90.0 cm³/mol. The zero-order valence-electron chi connectivity index (χ0n) is 14.5. The number of amides is 4. The molecule has 1 N–H and O–H groups in total. The number of rotatable bonds is 3. The topological polar surface area (TPSA) is 105 Å². The van der Waals surface area contributed by atoms with Crippen LogP contribution in [0.4, 0.5) is 4.79 Å². The van der Waals surface area contributed by atoms with E-state index in [1.807, 2.05) is 13.1 Å². The Morgan fingerprint density at radius 1 is 1.31 bits per heavy atom. The maximum absolute atomic E-state index is 13.1. The molecule has 2 saturated heterocycles. The van der Waals surface area contributed by atoms with Gasteiger partial charge in [0.15, 0.2) is 0 Å². The second-order valence-corrected chi connectivity index (χ2v) is 6.40. The number of nitrogens with one attached hydrogen (secondary N) is 1. The van der Waals surface area contributed by atoms with Gasteiger partial charge in [-0.1, -0.05) is 0 Å². The van der Waals surface area contributed by atoms with Gasteiger partial charge in [0.05, 0.1) is 18.3 Å². The maximum atomic E-state index is 13.1. The summed E-state index contributed by atoms with van der Waals surface area (Å²) in [7, 11) is 1.76. The lowest BCUT2D eigenvalue weighted by Crippen LogP contribution is -2.54. The van der Waals surface area contributed by atoms with E-state index in [-0.39, 0.29) is 24.4 Å². The highest BCUT2D eigenvalue weighted by molar-refractivity contribution is 6.05. The molecular weight excluding hydrogens is 338 g/mol. The molecule has 26 heavy (non-hydrogen) atoms. The van der Waals surface area contributed by atoms with Crippen LogP contribution in [0, 0.1) is 0 Å². The largest absolute Gasteiger partial charge is 0.334 e. The maximum Gasteiger partial charge on any atom is 0.324 e. The lowest BCUT2D eigenvalue weighted by atomic mass is 10.1. The van der Waals surface area contributed by atoms with E-state index in [1.165, 1.54) is 4.90 Å². The summed E-state index contributed by atoms with van der Waals surface area (Å²) in [6.07, 6.45) is 5.21. The Labute approximate surface area is 149 Å². The van der Waals surface area contributed by atoms with Gasteiger partial charge < -0.3 is 9.80 Å². The van der Waals surface area contributed by atoms with Crippen LogP contribution >= 0.6 is 0 Å². The third kappa shape index (κ3) is 2.54. The van der Waals surface area contributed by atoms with Crippen molar-refractivity contribution in [1.82, 2.24) is 34.7 Å². The van der Waals surface area contributed by atoms with Crippen molar-refractivity contribution in [1.29, 1.82) is 0 Å². The summed E-state index contributed by atoms with van der Waals surface area (Å²) in [4.78, 5) is 39.8. The minimum Gasteiger partial charge on any atom is -0.334 e. The number of nitrogens with zero attached hydrogens (tertiary/aromatic N) is 6. The summed E-state index contributed by atoms with van der Waals surface area (Å²) < 4.78 is 3.36. The second kappa shape index (κ2) is 5.97. The molecule has 2 aliphatic heterocycles. The third-order valence-corrected chi connectivity index (χ3v) is 4.75. The molecule has 2 aromatic heterocycles. The van der Waals surface area contributed by atoms with E-state index >= 15 is 0 Å². The van der Waals surface area contributed by atoms with Crippen molar-refractivity contribution in [3.05, 3.63) is 24.2 Å². The Kier molecular flexibility index (Phi) is 3.74. The van der Waals surface area contributed by atoms with Crippen molar-refractivity contribution in [3.63, 3.8) is 0 Å². The first kappa shape index (κ1) is 16.3. The Morgan fingerprint density at radius 3 is 2.85 bits per heavy atom. The van der Waals surface area contributed by atoms with Crippen LogP contribution in [-0.4, -0.2) is 72.9 Å². The molecule has 2 aliphatic rings. The highest BCUT2D eigenvalue weighted by Crippen LogP contribution is 2.24. The van der Waals surface area contributed by atoms with Crippen molar-refractivity contribution in [3.8, 4) is 11.3 Å². The number of piperazine rings is 1. The average Bonchev–Trinajstić information content (AvgIpc) is 3.32. The lowest BCUT2D eigenvalue weighted by Gasteiger charge is -2.35. The normalized spacial score (nSPS) is 19.7. The molecule has 4 rings (SSSR count). The average molecular weight is 357 g/mol. The summed E-state index contributed by atoms with van der Waals surface area (Å²) in [5, 5.41) is 10.9. The van der Waals surface area contributed by atoms with Gasteiger partial charge >= 0.3 is 6.03 Å². The SMILES string of the molecule is CCn1cc(-c2nn(C)cc2C(=O)N2CCN3C(=O)NC(=O)[C@@H]3C2)cn1. The van der Waals surface area contributed by atoms with Crippen LogP contribution in [0.2, 0.25) is 0 Å². The Morgan fingerprint density at radius 2 is 2.12 bits per heavy atom. The molecular formula is C16H19N7O3. The molecule has 10 nitrogen and oxygen atoms in total. The first-order valence-electron chi connectivity index (χ1n) is 8.45. The first-order valence-corrected chi connectivity index (χ1v) is 8.45. The van der Waals surface area contributed by atoms with Gasteiger partial charge in [-0.2, -0.15) is 10.2 Å². The van der Waals surface area contributed by atoms with E-state index in [4.69, 9.17) is 0 Å². The zero-order chi connectivity index (χ0) is 18.4. The minimum atomic E-state index is -0.622. The van der Waals surface area contributed by atoms with E-state index in [1.54, 1.807) is 33.7 Å². The molecule has 0 aromatic carbocycles. The Balaban J connectivity index is 1.61. The van der Waals surface area contributed by atoms with Crippen molar-refractivity contribution in [2.75, 3.05) is 19.6 Å². The summed E-state index contributed by atoms with van der Waals surface area (Å²) in [6, 6.07) is -1.01. The van der Waals surface area contributed by atoms with Crippen molar-refractivity contribution in [2.24, 2.45) is 7.05 Å². The predicted octanol–water partition coefficient (Wildman–Crippen LogP) is -0.320. The van der Waals surface area contributed by atoms with Gasteiger partial charge in [0.2, 0.25) is 0 Å². The smallest absolute Gasteiger partial charge is 0.324 e. The summed E-state index contributed by atoms with van der Waals surface area (Å²) in [6.45, 7) is 3.59. The third-order valence-electron chi connectivity index (χ3n) is 4.75. The minimum absolute atomic E-state index is 0.180. The lowest BCUT2D eigenvalue weighted by molar-refractivity contribution is -0.122. The number of imide groups is 1. The number of carbonyl (C=O) groups is 3. The highest BCUT2D eigenvalue weighted by atomic mass is 16.2. The quantitative estimate of drug-likeness (QED) is 0.758. The fraction of sp³-hybridized carbons (Fsp3) is 0.438. The number of fused-ring (bicyclic) bond motifs is 1. The van der Waals surface area contributed by atoms with Crippen molar-refractivity contribution in [2.45, 2.75) is 19.5 Å². The molecule has 0 saturated carbocycles. The van der Waals surface area contributed by atoms with Gasteiger partial charge in [-0.3, -0.25) is 24.3 Å². The number of urea groups is 1. The molecule has 0 bridgehead atoms. The Hall–Kier alpha value is -3.17. The molecule has 136 valence electrons. The molecule has 0 spiro atoms. The molecule has 0 unspecified atom stereocenters. The van der Waals surface area contributed by atoms with E-state index < -0.39 is 6.04 Å². The van der Waals surface area contributed by atoms with Gasteiger partial charge in [-0.05, 0) is 6.92 Å². The fourth-order valence-corrected chi connectivity index (χ4v) is 3.38. The van der Waals surface area contributed by atoms with Crippen molar-refractivity contribution < 1.29 is 14.4 Å². The van der Waals surface area contributed by atoms with Crippen LogP contribution in [0.5, 0.6) is 0 Å². The summed E-state index contributed by atoms with van der Waals surface area (Å²) >= 11 is 0. The molecule has 10 heteroatoms. The number of carbonyl (C=O) groups excluding carboxylic acids is 3. The number of hydrogen-bond acceptors (Lipinski definition) is 5. The highest BCUT2D eigenvalue weighted by Gasteiger charge is 2.43. The van der Waals surface area contributed by atoms with E-state index in [9.17, 15) is 14.4 Å². The van der Waals surface area contributed by atoms with E-state index in [0.29, 0.717) is 24.3 Å². The summed E-state index contributed by atoms with van der Waals surface area (Å²) in [5.74, 6) is -0.563. The molecule has 1 atom stereocenters. The zero-order valence-corrected chi connectivity index (χ0v) is 14.5. The standard InChI is InChI=1S/C16H19N7O3/c1-3-22-7-10(6-17-22)13-11(8-20(2)19-13)15(25)21-4-5-23-12(9-21)14(24)18-16(23)26/h6-8,12H,3-5,9H2,1-2H3,(H,18,24,26)/t12-/m0/s1. The molecule has 2 aromatic rings. The van der Waals surface area contributed by atoms with Gasteiger partial charge in [-0.25, -0.2) is 4.79 Å². The molecule has 4 amide bonds. The second-order valence-electron chi connectivity index (χ2n) is 6.40. The van der Waals surface area contributed by atoms with Crippen LogP contribution in [0.15, 0.2) is 18.6 Å². The van der Waals surface area contributed by atoms with Crippen LogP contribution in [0.3, 0.4) is 0 Å². The first-order chi connectivity index (χ1) is 12.5. The number of aryl methyl sites for hydroxylation is 2. The van der Waals surface area contributed by atoms with Crippen LogP contribution in [-0.2, 0) is 18.4 Å². The van der Waals surface area contributed by atoms with Gasteiger partial charge in [0, 0.05) is 44.6 Å². The van der Waals surface area contributed by atoms with E-state index in [0.717, 1.165) is 12.1 Å². The van der Waals surface area contributed by atoms with Crippen LogP contribution < -0.4 is 5.32 Å². The van der Waals surface area contributed by atoms with Crippen LogP contribution in [0.1, 0.15) is 17.3 Å². The van der Waals surface area contributed by atoms with Crippen molar-refractivity contribution >= 4 is 17.8 Å². The van der Waals surface area contributed by atoms with Gasteiger partial charge in [0.25, 0.3) is 11.8 Å². The summed E-state index contributed by atoms with van der Waals surface area (Å²) in [5.41, 5.74) is 1.79. The van der Waals surface area contributed by atoms with E-state index in [2.05, 4.69) is 15.5 Å². The van der Waals surface area contributed by atoms with Gasteiger partial charge in [0.1, 0.15) is 11.7 Å². The molecule has 0 radical (unpaired) electrons.